The lowest BCUT2D eigenvalue weighted by atomic mass is 9.94. The van der Waals surface area contributed by atoms with Crippen molar-refractivity contribution in [3.8, 4) is 11.1 Å². The highest BCUT2D eigenvalue weighted by molar-refractivity contribution is 5.66. The van der Waals surface area contributed by atoms with Crippen molar-refractivity contribution in [3.63, 3.8) is 0 Å². The minimum Gasteiger partial charge on any atom is -0.0683 e. The lowest BCUT2D eigenvalue weighted by molar-refractivity contribution is 1.08. The van der Waals surface area contributed by atoms with Crippen molar-refractivity contribution in [1.82, 2.24) is 0 Å². The molecule has 0 spiro atoms. The molecule has 2 aromatic carbocycles. The van der Waals surface area contributed by atoms with Gasteiger partial charge in [0.15, 0.2) is 0 Å². The molecule has 0 unspecified atom stereocenters. The summed E-state index contributed by atoms with van der Waals surface area (Å²) in [5.41, 5.74) is 6.92. The van der Waals surface area contributed by atoms with Gasteiger partial charge in [0.05, 0.1) is 0 Å². The molecule has 0 N–H and O–H groups in total. The van der Waals surface area contributed by atoms with Crippen LogP contribution in [0.1, 0.15) is 51.3 Å². The van der Waals surface area contributed by atoms with Crippen molar-refractivity contribution in [3.05, 3.63) is 59.2 Å². The van der Waals surface area contributed by atoms with Gasteiger partial charge in [-0.15, -0.1) is 0 Å². The minimum absolute atomic E-state index is 1.12. The molecule has 0 aliphatic carbocycles. The van der Waals surface area contributed by atoms with Gasteiger partial charge >= 0.3 is 0 Å². The largest absolute Gasteiger partial charge is 0.0683 e. The summed E-state index contributed by atoms with van der Waals surface area (Å²) in [5.74, 6) is 0. The second-order valence-electron chi connectivity index (χ2n) is 4.31. The van der Waals surface area contributed by atoms with Crippen LogP contribution in [0, 0.1) is 13.8 Å². The molecule has 0 saturated carbocycles. The summed E-state index contributed by atoms with van der Waals surface area (Å²) in [7, 11) is 0. The summed E-state index contributed by atoms with van der Waals surface area (Å²) in [6.45, 7) is 14.6. The van der Waals surface area contributed by atoms with Crippen LogP contribution in [0.4, 0.5) is 0 Å². The number of benzene rings is 2. The predicted molar refractivity (Wildman–Crippen MR) is 93.4 cm³/mol. The zero-order chi connectivity index (χ0) is 15.5. The van der Waals surface area contributed by atoms with Crippen LogP contribution in [0.25, 0.3) is 11.1 Å². The van der Waals surface area contributed by atoms with E-state index in [0.29, 0.717) is 0 Å². The first-order valence-corrected chi connectivity index (χ1v) is 7.88. The molecule has 0 aliphatic heterocycles. The Labute approximate surface area is 125 Å². The van der Waals surface area contributed by atoms with Gasteiger partial charge < -0.3 is 0 Å². The summed E-state index contributed by atoms with van der Waals surface area (Å²) >= 11 is 0. The monoisotopic (exact) mass is 270 g/mol. The Balaban J connectivity index is 0.000000829. The summed E-state index contributed by atoms with van der Waals surface area (Å²) in [4.78, 5) is 0. The average Bonchev–Trinajstić information content (AvgIpc) is 2.52. The van der Waals surface area contributed by atoms with E-state index in [0.717, 1.165) is 6.42 Å². The third-order valence-electron chi connectivity index (χ3n) is 3.16. The zero-order valence-corrected chi connectivity index (χ0v) is 14.2. The molecule has 110 valence electrons. The number of hydrogen-bond acceptors (Lipinski definition) is 0. The molecular weight excluding hydrogens is 240 g/mol. The maximum atomic E-state index is 2.29. The highest BCUT2D eigenvalue weighted by Gasteiger charge is 2.04. The fraction of sp³-hybridized carbons (Fsp3) is 0.400. The minimum atomic E-state index is 1.12. The summed E-state index contributed by atoms with van der Waals surface area (Å²) in [5, 5.41) is 0. The van der Waals surface area contributed by atoms with E-state index in [1.807, 2.05) is 27.7 Å². The lowest BCUT2D eigenvalue weighted by Crippen LogP contribution is -1.92. The summed E-state index contributed by atoms with van der Waals surface area (Å²) in [6.07, 6.45) is 1.12. The van der Waals surface area contributed by atoms with Crippen LogP contribution in [0.5, 0.6) is 0 Å². The first-order valence-electron chi connectivity index (χ1n) is 7.88. The molecule has 0 amide bonds. The van der Waals surface area contributed by atoms with Crippen LogP contribution in [0.3, 0.4) is 0 Å². The Morgan fingerprint density at radius 2 is 1.15 bits per heavy atom. The summed E-state index contributed by atoms with van der Waals surface area (Å²) < 4.78 is 0. The van der Waals surface area contributed by atoms with Gasteiger partial charge in [-0.05, 0) is 48.1 Å². The molecule has 0 heterocycles. The lowest BCUT2D eigenvalue weighted by Gasteiger charge is -2.11. The number of hydrogen-bond donors (Lipinski definition) is 0. The van der Waals surface area contributed by atoms with E-state index < -0.39 is 0 Å². The Hall–Kier alpha value is -1.56. The number of rotatable bonds is 2. The molecule has 0 radical (unpaired) electrons. The van der Waals surface area contributed by atoms with Gasteiger partial charge in [-0.25, -0.2) is 0 Å². The molecule has 0 atom stereocenters. The van der Waals surface area contributed by atoms with E-state index in [1.165, 1.54) is 27.8 Å². The standard InChI is InChI=1S/C16H18.2C2H6/c1-4-16-12(2)10-15(11-13(16)3)14-8-6-5-7-9-14;2*1-2/h5-11H,4H2,1-3H3;2*1-2H3. The van der Waals surface area contributed by atoms with E-state index in [-0.39, 0.29) is 0 Å². The third kappa shape index (κ3) is 4.85. The Kier molecular flexibility index (Phi) is 9.45. The van der Waals surface area contributed by atoms with Crippen LogP contribution in [0.15, 0.2) is 42.5 Å². The highest BCUT2D eigenvalue weighted by Crippen LogP contribution is 2.25. The van der Waals surface area contributed by atoms with E-state index in [2.05, 4.69) is 63.2 Å². The fourth-order valence-corrected chi connectivity index (χ4v) is 2.35. The van der Waals surface area contributed by atoms with Crippen LogP contribution in [-0.4, -0.2) is 0 Å². The van der Waals surface area contributed by atoms with Gasteiger partial charge in [0.2, 0.25) is 0 Å². The molecule has 2 aromatic rings. The maximum Gasteiger partial charge on any atom is -0.0179 e. The van der Waals surface area contributed by atoms with Gasteiger partial charge in [0.25, 0.3) is 0 Å². The van der Waals surface area contributed by atoms with Gasteiger partial charge in [0.1, 0.15) is 0 Å². The van der Waals surface area contributed by atoms with Crippen LogP contribution in [-0.2, 0) is 6.42 Å². The molecule has 20 heavy (non-hydrogen) atoms. The third-order valence-corrected chi connectivity index (χ3v) is 3.16. The van der Waals surface area contributed by atoms with Crippen molar-refractivity contribution >= 4 is 0 Å². The summed E-state index contributed by atoms with van der Waals surface area (Å²) in [6, 6.07) is 15.2. The molecule has 0 heteroatoms. The fourth-order valence-electron chi connectivity index (χ4n) is 2.35. The first kappa shape index (κ1) is 18.4. The molecule has 2 rings (SSSR count). The van der Waals surface area contributed by atoms with Gasteiger partial charge in [-0.1, -0.05) is 77.1 Å². The molecule has 0 nitrogen and oxygen atoms in total. The van der Waals surface area contributed by atoms with E-state index in [1.54, 1.807) is 0 Å². The predicted octanol–water partition coefficient (Wildman–Crippen LogP) is 6.59. The SMILES string of the molecule is CC.CC.CCc1c(C)cc(-c2ccccc2)cc1C. The Morgan fingerprint density at radius 3 is 1.55 bits per heavy atom. The molecule has 0 aromatic heterocycles. The molecular formula is C20H30. The highest BCUT2D eigenvalue weighted by atomic mass is 14.1. The van der Waals surface area contributed by atoms with Crippen LogP contribution >= 0.6 is 0 Å². The topological polar surface area (TPSA) is 0 Å². The van der Waals surface area contributed by atoms with Gasteiger partial charge in [-0.2, -0.15) is 0 Å². The van der Waals surface area contributed by atoms with Crippen molar-refractivity contribution in [1.29, 1.82) is 0 Å². The van der Waals surface area contributed by atoms with Crippen molar-refractivity contribution in [2.24, 2.45) is 0 Å². The van der Waals surface area contributed by atoms with Crippen molar-refractivity contribution < 1.29 is 0 Å². The molecule has 0 fully saturated rings. The normalized spacial score (nSPS) is 8.95. The Morgan fingerprint density at radius 1 is 0.700 bits per heavy atom. The maximum absolute atomic E-state index is 2.29. The quantitative estimate of drug-likeness (QED) is 0.577. The van der Waals surface area contributed by atoms with E-state index in [4.69, 9.17) is 0 Å². The van der Waals surface area contributed by atoms with Gasteiger partial charge in [0, 0.05) is 0 Å². The van der Waals surface area contributed by atoms with Crippen molar-refractivity contribution in [2.75, 3.05) is 0 Å². The molecule has 0 aliphatic rings. The second kappa shape index (κ2) is 10.3. The van der Waals surface area contributed by atoms with Crippen molar-refractivity contribution in [2.45, 2.75) is 54.9 Å². The average molecular weight is 270 g/mol. The second-order valence-corrected chi connectivity index (χ2v) is 4.31. The van der Waals surface area contributed by atoms with E-state index in [9.17, 15) is 0 Å². The molecule has 0 bridgehead atoms. The Bertz CT molecular complexity index is 458. The van der Waals surface area contributed by atoms with Crippen LogP contribution in [0.2, 0.25) is 0 Å². The first-order chi connectivity index (χ1) is 9.72. The number of aryl methyl sites for hydroxylation is 2. The van der Waals surface area contributed by atoms with E-state index >= 15 is 0 Å². The smallest absolute Gasteiger partial charge is 0.0179 e. The zero-order valence-electron chi connectivity index (χ0n) is 14.2. The van der Waals surface area contributed by atoms with Gasteiger partial charge in [-0.3, -0.25) is 0 Å². The molecule has 0 saturated heterocycles. The van der Waals surface area contributed by atoms with Crippen LogP contribution < -0.4 is 0 Å².